The van der Waals surface area contributed by atoms with Crippen LogP contribution in [0.5, 0.6) is 5.75 Å². The zero-order valence-corrected chi connectivity index (χ0v) is 10.6. The minimum Gasteiger partial charge on any atom is -0.495 e. The molecule has 0 spiro atoms. The van der Waals surface area contributed by atoms with Gasteiger partial charge in [0.25, 0.3) is 0 Å². The van der Waals surface area contributed by atoms with E-state index in [0.29, 0.717) is 11.4 Å². The average Bonchev–Trinajstić information content (AvgIpc) is 2.39. The number of carbonyl (C=O) groups excluding carboxylic acids is 1. The number of hydrogen-bond donors (Lipinski definition) is 3. The molecule has 0 heterocycles. The largest absolute Gasteiger partial charge is 0.495 e. The van der Waals surface area contributed by atoms with Crippen LogP contribution in [0.3, 0.4) is 0 Å². The number of methoxy groups -OCH3 is 1. The summed E-state index contributed by atoms with van der Waals surface area (Å²) < 4.78 is 5.14. The van der Waals surface area contributed by atoms with E-state index in [1.54, 1.807) is 19.2 Å². The smallest absolute Gasteiger partial charge is 0.238 e. The molecule has 0 radical (unpaired) electrons. The molecule has 0 atom stereocenters. The van der Waals surface area contributed by atoms with Gasteiger partial charge in [0.1, 0.15) is 5.75 Å². The molecule has 1 rings (SSSR count). The van der Waals surface area contributed by atoms with E-state index in [0.717, 1.165) is 19.4 Å². The van der Waals surface area contributed by atoms with Crippen molar-refractivity contribution in [2.75, 3.05) is 32.1 Å². The van der Waals surface area contributed by atoms with Gasteiger partial charge in [-0.1, -0.05) is 12.1 Å². The van der Waals surface area contributed by atoms with Crippen LogP contribution in [0.25, 0.3) is 0 Å². The Hall–Kier alpha value is -1.59. The number of unbranched alkanes of at least 4 members (excludes halogenated alkanes) is 1. The number of amides is 1. The minimum absolute atomic E-state index is 0.108. The zero-order valence-electron chi connectivity index (χ0n) is 10.6. The Balaban J connectivity index is 2.31. The molecule has 0 saturated carbocycles. The van der Waals surface area contributed by atoms with Crippen molar-refractivity contribution in [2.45, 2.75) is 12.8 Å². The molecule has 0 fully saturated rings. The second-order valence-corrected chi connectivity index (χ2v) is 3.86. The van der Waals surface area contributed by atoms with Crippen molar-refractivity contribution >= 4 is 11.6 Å². The fourth-order valence-electron chi connectivity index (χ4n) is 1.51. The molecule has 0 aromatic heterocycles. The second kappa shape index (κ2) is 8.49. The molecule has 0 unspecified atom stereocenters. The molecule has 5 heteroatoms. The Labute approximate surface area is 107 Å². The summed E-state index contributed by atoms with van der Waals surface area (Å²) in [5.74, 6) is 0.537. The normalized spacial score (nSPS) is 10.1. The summed E-state index contributed by atoms with van der Waals surface area (Å²) in [7, 11) is 1.57. The van der Waals surface area contributed by atoms with Gasteiger partial charge in [-0.2, -0.15) is 0 Å². The summed E-state index contributed by atoms with van der Waals surface area (Å²) in [6.07, 6.45) is 1.61. The highest BCUT2D eigenvalue weighted by Gasteiger charge is 2.05. The molecule has 1 amide bonds. The van der Waals surface area contributed by atoms with Crippen molar-refractivity contribution in [3.05, 3.63) is 24.3 Å². The number of aliphatic hydroxyl groups excluding tert-OH is 1. The van der Waals surface area contributed by atoms with E-state index in [-0.39, 0.29) is 19.1 Å². The Kier molecular flexibility index (Phi) is 6.83. The molecule has 1 aromatic carbocycles. The van der Waals surface area contributed by atoms with Crippen molar-refractivity contribution in [3.63, 3.8) is 0 Å². The first kappa shape index (κ1) is 14.5. The fraction of sp³-hybridized carbons (Fsp3) is 0.462. The highest BCUT2D eigenvalue weighted by Crippen LogP contribution is 2.22. The highest BCUT2D eigenvalue weighted by atomic mass is 16.5. The van der Waals surface area contributed by atoms with Crippen LogP contribution in [-0.4, -0.2) is 37.8 Å². The molecule has 0 bridgehead atoms. The van der Waals surface area contributed by atoms with E-state index < -0.39 is 0 Å². The van der Waals surface area contributed by atoms with Gasteiger partial charge >= 0.3 is 0 Å². The molecule has 0 saturated heterocycles. The lowest BCUT2D eigenvalue weighted by Crippen LogP contribution is -2.29. The predicted molar refractivity (Wildman–Crippen MR) is 70.8 cm³/mol. The lowest BCUT2D eigenvalue weighted by molar-refractivity contribution is -0.115. The number of carbonyl (C=O) groups is 1. The van der Waals surface area contributed by atoms with Crippen molar-refractivity contribution < 1.29 is 14.6 Å². The van der Waals surface area contributed by atoms with Crippen LogP contribution in [0.1, 0.15) is 12.8 Å². The first-order valence-electron chi connectivity index (χ1n) is 6.02. The first-order chi connectivity index (χ1) is 8.77. The van der Waals surface area contributed by atoms with Crippen molar-refractivity contribution in [1.29, 1.82) is 0 Å². The number of hydrogen-bond acceptors (Lipinski definition) is 4. The molecule has 3 N–H and O–H groups in total. The maximum absolute atomic E-state index is 11.6. The third kappa shape index (κ3) is 5.16. The molecule has 0 aliphatic carbocycles. The van der Waals surface area contributed by atoms with E-state index in [4.69, 9.17) is 9.84 Å². The van der Waals surface area contributed by atoms with Gasteiger partial charge in [-0.3, -0.25) is 4.79 Å². The molecule has 0 aliphatic rings. The van der Waals surface area contributed by atoms with Crippen LogP contribution in [0.15, 0.2) is 24.3 Å². The van der Waals surface area contributed by atoms with Crippen molar-refractivity contribution in [1.82, 2.24) is 5.32 Å². The quantitative estimate of drug-likeness (QED) is 0.604. The van der Waals surface area contributed by atoms with E-state index in [1.807, 2.05) is 12.1 Å². The number of para-hydroxylation sites is 2. The van der Waals surface area contributed by atoms with Crippen molar-refractivity contribution in [3.8, 4) is 5.75 Å². The van der Waals surface area contributed by atoms with Gasteiger partial charge in [0.15, 0.2) is 0 Å². The number of benzene rings is 1. The Morgan fingerprint density at radius 3 is 2.83 bits per heavy atom. The van der Waals surface area contributed by atoms with Gasteiger partial charge in [-0.05, 0) is 31.5 Å². The summed E-state index contributed by atoms with van der Waals surface area (Å²) in [4.78, 5) is 11.6. The number of anilines is 1. The molecule has 1 aromatic rings. The van der Waals surface area contributed by atoms with Crippen LogP contribution in [0.2, 0.25) is 0 Å². The first-order valence-corrected chi connectivity index (χ1v) is 6.02. The topological polar surface area (TPSA) is 70.6 Å². The molecule has 5 nitrogen and oxygen atoms in total. The van der Waals surface area contributed by atoms with E-state index in [9.17, 15) is 4.79 Å². The van der Waals surface area contributed by atoms with Gasteiger partial charge < -0.3 is 20.5 Å². The van der Waals surface area contributed by atoms with Gasteiger partial charge in [0.05, 0.1) is 19.3 Å². The van der Waals surface area contributed by atoms with E-state index in [1.165, 1.54) is 0 Å². The second-order valence-electron chi connectivity index (χ2n) is 3.86. The number of ether oxygens (including phenoxy) is 1. The summed E-state index contributed by atoms with van der Waals surface area (Å²) in [6.45, 7) is 1.17. The molecule has 18 heavy (non-hydrogen) atoms. The van der Waals surface area contributed by atoms with Gasteiger partial charge in [-0.25, -0.2) is 0 Å². The summed E-state index contributed by atoms with van der Waals surface area (Å²) >= 11 is 0. The Morgan fingerprint density at radius 2 is 2.11 bits per heavy atom. The van der Waals surface area contributed by atoms with E-state index >= 15 is 0 Å². The maximum Gasteiger partial charge on any atom is 0.238 e. The fourth-order valence-corrected chi connectivity index (χ4v) is 1.51. The van der Waals surface area contributed by atoms with Gasteiger partial charge in [-0.15, -0.1) is 0 Å². The molecule has 100 valence electrons. The van der Waals surface area contributed by atoms with Gasteiger partial charge in [0.2, 0.25) is 5.91 Å². The highest BCUT2D eigenvalue weighted by molar-refractivity contribution is 5.93. The predicted octanol–water partition coefficient (Wildman–Crippen LogP) is 0.996. The third-order valence-corrected chi connectivity index (χ3v) is 2.43. The van der Waals surface area contributed by atoms with E-state index in [2.05, 4.69) is 10.6 Å². The van der Waals surface area contributed by atoms with Crippen molar-refractivity contribution in [2.24, 2.45) is 0 Å². The standard InChI is InChI=1S/C13H20N2O3/c1-18-12-7-3-2-6-11(12)15-13(17)10-14-8-4-5-9-16/h2-3,6-7,14,16H,4-5,8-10H2,1H3,(H,15,17). The maximum atomic E-state index is 11.6. The van der Waals surface area contributed by atoms with Crippen LogP contribution in [-0.2, 0) is 4.79 Å². The average molecular weight is 252 g/mol. The minimum atomic E-state index is -0.108. The summed E-state index contributed by atoms with van der Waals surface area (Å²) in [6, 6.07) is 7.28. The monoisotopic (exact) mass is 252 g/mol. The number of rotatable bonds is 8. The molecule has 0 aliphatic heterocycles. The van der Waals surface area contributed by atoms with Crippen LogP contribution >= 0.6 is 0 Å². The molecular weight excluding hydrogens is 232 g/mol. The zero-order chi connectivity index (χ0) is 13.2. The third-order valence-electron chi connectivity index (χ3n) is 2.43. The number of nitrogens with one attached hydrogen (secondary N) is 2. The van der Waals surface area contributed by atoms with Crippen LogP contribution in [0.4, 0.5) is 5.69 Å². The van der Waals surface area contributed by atoms with Crippen LogP contribution in [0, 0.1) is 0 Å². The molecular formula is C13H20N2O3. The Morgan fingerprint density at radius 1 is 1.33 bits per heavy atom. The van der Waals surface area contributed by atoms with Gasteiger partial charge in [0, 0.05) is 6.61 Å². The number of aliphatic hydroxyl groups is 1. The lowest BCUT2D eigenvalue weighted by Gasteiger charge is -2.10. The lowest BCUT2D eigenvalue weighted by atomic mass is 10.3. The van der Waals surface area contributed by atoms with Crippen LogP contribution < -0.4 is 15.4 Å². The summed E-state index contributed by atoms with van der Waals surface area (Å²) in [5.41, 5.74) is 0.669. The summed E-state index contributed by atoms with van der Waals surface area (Å²) in [5, 5.41) is 14.4. The SMILES string of the molecule is COc1ccccc1NC(=O)CNCCCCO. The Bertz CT molecular complexity index is 369.